The molecule has 116 valence electrons. The van der Waals surface area contributed by atoms with Gasteiger partial charge in [-0.2, -0.15) is 0 Å². The first-order valence-electron chi connectivity index (χ1n) is 7.30. The minimum Gasteiger partial charge on any atom is -0.494 e. The average molecular weight is 293 g/mol. The Bertz CT molecular complexity index is 474. The van der Waals surface area contributed by atoms with E-state index < -0.39 is 5.54 Å². The van der Waals surface area contributed by atoms with Crippen molar-refractivity contribution in [1.29, 1.82) is 0 Å². The monoisotopic (exact) mass is 293 g/mol. The maximum atomic E-state index is 11.8. The van der Waals surface area contributed by atoms with E-state index in [0.717, 1.165) is 30.6 Å². The quantitative estimate of drug-likeness (QED) is 0.779. The zero-order chi connectivity index (χ0) is 15.3. The molecule has 0 saturated heterocycles. The predicted molar refractivity (Wildman–Crippen MR) is 78.8 cm³/mol. The van der Waals surface area contributed by atoms with Crippen molar-refractivity contribution in [3.63, 3.8) is 0 Å². The summed E-state index contributed by atoms with van der Waals surface area (Å²) < 4.78 is 10.5. The van der Waals surface area contributed by atoms with Crippen molar-refractivity contribution in [1.82, 2.24) is 0 Å². The van der Waals surface area contributed by atoms with Crippen LogP contribution in [0.25, 0.3) is 0 Å². The van der Waals surface area contributed by atoms with E-state index in [9.17, 15) is 4.79 Å². The molecule has 0 radical (unpaired) electrons. The third-order valence-electron chi connectivity index (χ3n) is 4.28. The number of esters is 1. The first-order chi connectivity index (χ1) is 10.1. The van der Waals surface area contributed by atoms with Crippen LogP contribution in [0, 0.1) is 5.92 Å². The first kappa shape index (κ1) is 15.8. The number of aliphatic hydroxyl groups is 1. The predicted octanol–water partition coefficient (Wildman–Crippen LogP) is 1.62. The van der Waals surface area contributed by atoms with Crippen molar-refractivity contribution in [3.8, 4) is 5.75 Å². The van der Waals surface area contributed by atoms with E-state index in [1.165, 1.54) is 7.11 Å². The highest BCUT2D eigenvalue weighted by molar-refractivity contribution is 5.81. The molecule has 1 aliphatic carbocycles. The molecule has 3 N–H and O–H groups in total. The number of nitrogens with two attached hydrogens (primary N) is 1. The van der Waals surface area contributed by atoms with Gasteiger partial charge in [-0.15, -0.1) is 0 Å². The first-order valence-corrected chi connectivity index (χ1v) is 7.30. The van der Waals surface area contributed by atoms with Crippen molar-refractivity contribution in [2.45, 2.75) is 37.8 Å². The van der Waals surface area contributed by atoms with Crippen molar-refractivity contribution in [2.24, 2.45) is 11.7 Å². The fraction of sp³-hybridized carbons (Fsp3) is 0.562. The molecule has 1 aromatic carbocycles. The van der Waals surface area contributed by atoms with Crippen molar-refractivity contribution < 1.29 is 19.4 Å². The molecule has 0 spiro atoms. The number of benzene rings is 1. The van der Waals surface area contributed by atoms with Crippen LogP contribution in [0.5, 0.6) is 5.75 Å². The summed E-state index contributed by atoms with van der Waals surface area (Å²) in [6.45, 7) is 0.538. The Morgan fingerprint density at radius 1 is 1.43 bits per heavy atom. The number of aliphatic hydroxyl groups excluding tert-OH is 1. The van der Waals surface area contributed by atoms with E-state index in [0.29, 0.717) is 13.0 Å². The SMILES string of the molecule is COC(=O)C1(N)CCCC1CCOc1ccc(CO)cc1. The summed E-state index contributed by atoms with van der Waals surface area (Å²) in [5.74, 6) is 0.532. The summed E-state index contributed by atoms with van der Waals surface area (Å²) in [6, 6.07) is 7.31. The zero-order valence-electron chi connectivity index (χ0n) is 12.4. The molecule has 5 heteroatoms. The molecule has 1 saturated carbocycles. The molecular formula is C16H23NO4. The molecule has 0 bridgehead atoms. The van der Waals surface area contributed by atoms with Crippen LogP contribution in [0.4, 0.5) is 0 Å². The van der Waals surface area contributed by atoms with Crippen LogP contribution in [0.15, 0.2) is 24.3 Å². The van der Waals surface area contributed by atoms with Gasteiger partial charge in [0.1, 0.15) is 11.3 Å². The fourth-order valence-corrected chi connectivity index (χ4v) is 2.97. The van der Waals surface area contributed by atoms with Gasteiger partial charge in [0, 0.05) is 0 Å². The molecule has 21 heavy (non-hydrogen) atoms. The molecule has 2 unspecified atom stereocenters. The summed E-state index contributed by atoms with van der Waals surface area (Å²) in [7, 11) is 1.38. The second-order valence-corrected chi connectivity index (χ2v) is 5.56. The Morgan fingerprint density at radius 2 is 2.14 bits per heavy atom. The lowest BCUT2D eigenvalue weighted by atomic mass is 9.86. The molecule has 1 fully saturated rings. The van der Waals surface area contributed by atoms with Gasteiger partial charge < -0.3 is 20.3 Å². The van der Waals surface area contributed by atoms with Crippen molar-refractivity contribution in [3.05, 3.63) is 29.8 Å². The Labute approximate surface area is 125 Å². The van der Waals surface area contributed by atoms with Gasteiger partial charge >= 0.3 is 5.97 Å². The van der Waals surface area contributed by atoms with Crippen LogP contribution in [0.1, 0.15) is 31.2 Å². The van der Waals surface area contributed by atoms with Crippen LogP contribution in [-0.2, 0) is 16.1 Å². The van der Waals surface area contributed by atoms with Gasteiger partial charge in [-0.05, 0) is 42.9 Å². The number of hydrogen-bond acceptors (Lipinski definition) is 5. The second kappa shape index (κ2) is 6.91. The van der Waals surface area contributed by atoms with Crippen LogP contribution in [-0.4, -0.2) is 30.3 Å². The number of rotatable bonds is 6. The van der Waals surface area contributed by atoms with E-state index in [2.05, 4.69) is 0 Å². The number of hydrogen-bond donors (Lipinski definition) is 2. The lowest BCUT2D eigenvalue weighted by Gasteiger charge is -2.28. The zero-order valence-corrected chi connectivity index (χ0v) is 12.4. The van der Waals surface area contributed by atoms with Crippen LogP contribution >= 0.6 is 0 Å². The Balaban J connectivity index is 1.86. The van der Waals surface area contributed by atoms with E-state index in [1.807, 2.05) is 24.3 Å². The van der Waals surface area contributed by atoms with Crippen LogP contribution in [0.2, 0.25) is 0 Å². The topological polar surface area (TPSA) is 81.8 Å². The summed E-state index contributed by atoms with van der Waals surface area (Å²) in [4.78, 5) is 11.8. The van der Waals surface area contributed by atoms with Gasteiger partial charge in [-0.25, -0.2) is 0 Å². The van der Waals surface area contributed by atoms with Gasteiger partial charge in [0.05, 0.1) is 20.3 Å². The smallest absolute Gasteiger partial charge is 0.326 e. The van der Waals surface area contributed by atoms with Gasteiger partial charge in [-0.1, -0.05) is 18.6 Å². The number of ether oxygens (including phenoxy) is 2. The normalized spacial score (nSPS) is 24.8. The van der Waals surface area contributed by atoms with Crippen LogP contribution in [0.3, 0.4) is 0 Å². The number of carbonyl (C=O) groups is 1. The molecule has 2 rings (SSSR count). The van der Waals surface area contributed by atoms with E-state index >= 15 is 0 Å². The molecular weight excluding hydrogens is 270 g/mol. The maximum absolute atomic E-state index is 11.8. The maximum Gasteiger partial charge on any atom is 0.326 e. The van der Waals surface area contributed by atoms with Gasteiger partial charge in [-0.3, -0.25) is 4.79 Å². The number of methoxy groups -OCH3 is 1. The molecule has 1 aliphatic rings. The lowest BCUT2D eigenvalue weighted by molar-refractivity contribution is -0.148. The highest BCUT2D eigenvalue weighted by atomic mass is 16.5. The largest absolute Gasteiger partial charge is 0.494 e. The molecule has 0 aromatic heterocycles. The summed E-state index contributed by atoms with van der Waals surface area (Å²) in [5, 5.41) is 8.98. The van der Waals surface area contributed by atoms with Crippen molar-refractivity contribution in [2.75, 3.05) is 13.7 Å². The third kappa shape index (κ3) is 3.54. The van der Waals surface area contributed by atoms with Crippen LogP contribution < -0.4 is 10.5 Å². The second-order valence-electron chi connectivity index (χ2n) is 5.56. The molecule has 0 aliphatic heterocycles. The van der Waals surface area contributed by atoms with E-state index in [4.69, 9.17) is 20.3 Å². The fourth-order valence-electron chi connectivity index (χ4n) is 2.97. The minimum absolute atomic E-state index is 0.0250. The Hall–Kier alpha value is -1.59. The highest BCUT2D eigenvalue weighted by Crippen LogP contribution is 2.37. The Kier molecular flexibility index (Phi) is 5.20. The molecule has 0 amide bonds. The van der Waals surface area contributed by atoms with Gasteiger partial charge in [0.15, 0.2) is 0 Å². The molecule has 5 nitrogen and oxygen atoms in total. The van der Waals surface area contributed by atoms with Crippen molar-refractivity contribution >= 4 is 5.97 Å². The molecule has 2 atom stereocenters. The summed E-state index contributed by atoms with van der Waals surface area (Å²) in [6.07, 6.45) is 3.28. The summed E-state index contributed by atoms with van der Waals surface area (Å²) in [5.41, 5.74) is 6.21. The van der Waals surface area contributed by atoms with E-state index in [1.54, 1.807) is 0 Å². The Morgan fingerprint density at radius 3 is 2.76 bits per heavy atom. The minimum atomic E-state index is -0.862. The van der Waals surface area contributed by atoms with Gasteiger partial charge in [0.2, 0.25) is 0 Å². The molecule has 1 aromatic rings. The lowest BCUT2D eigenvalue weighted by Crippen LogP contribution is -2.52. The number of carbonyl (C=O) groups excluding carboxylic acids is 1. The average Bonchev–Trinajstić information content (AvgIpc) is 2.89. The highest BCUT2D eigenvalue weighted by Gasteiger charge is 2.46. The van der Waals surface area contributed by atoms with Gasteiger partial charge in [0.25, 0.3) is 0 Å². The third-order valence-corrected chi connectivity index (χ3v) is 4.28. The van der Waals surface area contributed by atoms with E-state index in [-0.39, 0.29) is 18.5 Å². The molecule has 0 heterocycles. The summed E-state index contributed by atoms with van der Waals surface area (Å²) >= 11 is 0. The standard InChI is InChI=1S/C16H23NO4/c1-20-15(19)16(17)9-2-3-13(16)8-10-21-14-6-4-12(11-18)5-7-14/h4-7,13,18H,2-3,8-11,17H2,1H3.